The molecule has 1 aromatic carbocycles. The highest BCUT2D eigenvalue weighted by molar-refractivity contribution is 7.99. The minimum Gasteiger partial charge on any atom is -0.323 e. The zero-order valence-corrected chi connectivity index (χ0v) is 13.7. The number of para-hydroxylation sites is 1. The molecule has 0 spiro atoms. The average Bonchev–Trinajstić information content (AvgIpc) is 3.00. The number of hydrogen-bond donors (Lipinski definition) is 1. The van der Waals surface area contributed by atoms with Gasteiger partial charge in [0, 0.05) is 7.05 Å². The monoisotopic (exact) mass is 349 g/mol. The summed E-state index contributed by atoms with van der Waals surface area (Å²) >= 11 is 2.51. The Labute approximate surface area is 139 Å². The minimum absolute atomic E-state index is 0.0332. The molecule has 0 saturated heterocycles. The van der Waals surface area contributed by atoms with Crippen LogP contribution in [0.4, 0.5) is 10.1 Å². The number of hydrogen-bond acceptors (Lipinski definition) is 5. The summed E-state index contributed by atoms with van der Waals surface area (Å²) in [4.78, 5) is 29.1. The SMILES string of the molecule is Cn1c(SCC(=O)Nc2ccccc2F)nc2sccc2c1=O. The van der Waals surface area contributed by atoms with Crippen LogP contribution >= 0.6 is 23.1 Å². The van der Waals surface area contributed by atoms with Crippen molar-refractivity contribution in [2.24, 2.45) is 7.05 Å². The van der Waals surface area contributed by atoms with Crippen LogP contribution in [0.25, 0.3) is 10.2 Å². The van der Waals surface area contributed by atoms with Gasteiger partial charge in [0.25, 0.3) is 5.56 Å². The molecular weight excluding hydrogens is 337 g/mol. The van der Waals surface area contributed by atoms with Crippen molar-refractivity contribution in [3.05, 3.63) is 51.9 Å². The second-order valence-electron chi connectivity index (χ2n) is 4.71. The second-order valence-corrected chi connectivity index (χ2v) is 6.55. The molecule has 1 amide bonds. The van der Waals surface area contributed by atoms with Crippen LogP contribution < -0.4 is 10.9 Å². The first kappa shape index (κ1) is 15.7. The van der Waals surface area contributed by atoms with Gasteiger partial charge in [-0.2, -0.15) is 0 Å². The zero-order chi connectivity index (χ0) is 16.4. The molecule has 23 heavy (non-hydrogen) atoms. The van der Waals surface area contributed by atoms with Gasteiger partial charge in [-0.1, -0.05) is 23.9 Å². The molecule has 0 aliphatic carbocycles. The number of halogens is 1. The van der Waals surface area contributed by atoms with E-state index in [1.165, 1.54) is 28.0 Å². The van der Waals surface area contributed by atoms with Gasteiger partial charge in [0.15, 0.2) is 5.16 Å². The molecule has 1 N–H and O–H groups in total. The summed E-state index contributed by atoms with van der Waals surface area (Å²) in [5.74, 6) is -0.817. The number of carbonyl (C=O) groups excluding carboxylic acids is 1. The van der Waals surface area contributed by atoms with Gasteiger partial charge in [0.2, 0.25) is 5.91 Å². The first-order valence-corrected chi connectivity index (χ1v) is 8.54. The number of rotatable bonds is 4. The highest BCUT2D eigenvalue weighted by atomic mass is 32.2. The van der Waals surface area contributed by atoms with Crippen molar-refractivity contribution in [3.8, 4) is 0 Å². The van der Waals surface area contributed by atoms with Crippen LogP contribution in [0.1, 0.15) is 0 Å². The van der Waals surface area contributed by atoms with E-state index in [4.69, 9.17) is 0 Å². The number of anilines is 1. The Bertz CT molecular complexity index is 936. The third kappa shape index (κ3) is 3.27. The van der Waals surface area contributed by atoms with Crippen LogP contribution in [0.2, 0.25) is 0 Å². The molecule has 8 heteroatoms. The molecule has 2 heterocycles. The molecule has 0 atom stereocenters. The normalized spacial score (nSPS) is 10.9. The summed E-state index contributed by atoms with van der Waals surface area (Å²) in [6, 6.07) is 7.69. The highest BCUT2D eigenvalue weighted by Gasteiger charge is 2.12. The maximum Gasteiger partial charge on any atom is 0.262 e. The number of nitrogens with one attached hydrogen (secondary N) is 1. The Balaban J connectivity index is 1.73. The van der Waals surface area contributed by atoms with Gasteiger partial charge in [0.05, 0.1) is 16.8 Å². The number of benzene rings is 1. The summed E-state index contributed by atoms with van der Waals surface area (Å²) in [7, 11) is 1.61. The molecule has 3 aromatic rings. The zero-order valence-electron chi connectivity index (χ0n) is 12.1. The lowest BCUT2D eigenvalue weighted by Crippen LogP contribution is -2.21. The van der Waals surface area contributed by atoms with Gasteiger partial charge in [-0.25, -0.2) is 9.37 Å². The first-order chi connectivity index (χ1) is 11.1. The van der Waals surface area contributed by atoms with Crippen LogP contribution in [-0.4, -0.2) is 21.2 Å². The summed E-state index contributed by atoms with van der Waals surface area (Å²) in [5.41, 5.74) is -0.0121. The predicted octanol–water partition coefficient (Wildman–Crippen LogP) is 2.86. The summed E-state index contributed by atoms with van der Waals surface area (Å²) < 4.78 is 14.9. The molecule has 118 valence electrons. The van der Waals surface area contributed by atoms with Gasteiger partial charge < -0.3 is 5.32 Å². The minimum atomic E-state index is -0.489. The molecule has 2 aromatic heterocycles. The Hall–Kier alpha value is -2.19. The summed E-state index contributed by atoms with van der Waals surface area (Å²) in [5, 5.41) is 5.32. The fraction of sp³-hybridized carbons (Fsp3) is 0.133. The van der Waals surface area contributed by atoms with Crippen LogP contribution in [-0.2, 0) is 11.8 Å². The molecule has 3 rings (SSSR count). The molecule has 0 aliphatic rings. The number of carbonyl (C=O) groups is 1. The van der Waals surface area contributed by atoms with Gasteiger partial charge in [-0.05, 0) is 23.6 Å². The maximum atomic E-state index is 13.5. The molecule has 0 saturated carbocycles. The van der Waals surface area contributed by atoms with Crippen LogP contribution in [0.15, 0.2) is 45.7 Å². The summed E-state index contributed by atoms with van der Waals surface area (Å²) in [6.07, 6.45) is 0. The number of amides is 1. The molecule has 0 fully saturated rings. The number of nitrogens with zero attached hydrogens (tertiary/aromatic N) is 2. The Morgan fingerprint density at radius 3 is 2.96 bits per heavy atom. The fourth-order valence-corrected chi connectivity index (χ4v) is 3.57. The van der Waals surface area contributed by atoms with Crippen molar-refractivity contribution in [2.75, 3.05) is 11.1 Å². The summed E-state index contributed by atoms with van der Waals surface area (Å²) in [6.45, 7) is 0. The largest absolute Gasteiger partial charge is 0.323 e. The number of fused-ring (bicyclic) bond motifs is 1. The van der Waals surface area contributed by atoms with E-state index in [1.54, 1.807) is 30.6 Å². The number of thiophene rings is 1. The molecule has 0 radical (unpaired) electrons. The lowest BCUT2D eigenvalue weighted by Gasteiger charge is -2.08. The van der Waals surface area contributed by atoms with E-state index in [1.807, 2.05) is 0 Å². The molecular formula is C15H12FN3O2S2. The number of thioether (sulfide) groups is 1. The lowest BCUT2D eigenvalue weighted by atomic mass is 10.3. The highest BCUT2D eigenvalue weighted by Crippen LogP contribution is 2.21. The third-order valence-electron chi connectivity index (χ3n) is 3.14. The van der Waals surface area contributed by atoms with Crippen LogP contribution in [0.3, 0.4) is 0 Å². The van der Waals surface area contributed by atoms with Crippen molar-refractivity contribution in [2.45, 2.75) is 5.16 Å². The smallest absolute Gasteiger partial charge is 0.262 e. The topological polar surface area (TPSA) is 64.0 Å². The van der Waals surface area contributed by atoms with Crippen LogP contribution in [0, 0.1) is 5.82 Å². The van der Waals surface area contributed by atoms with Gasteiger partial charge in [0.1, 0.15) is 10.6 Å². The second kappa shape index (κ2) is 6.51. The molecule has 0 aliphatic heterocycles. The average molecular weight is 349 g/mol. The van der Waals surface area contributed by atoms with E-state index in [9.17, 15) is 14.0 Å². The Morgan fingerprint density at radius 1 is 1.39 bits per heavy atom. The van der Waals surface area contributed by atoms with Crippen molar-refractivity contribution in [1.29, 1.82) is 0 Å². The maximum absolute atomic E-state index is 13.5. The Morgan fingerprint density at radius 2 is 2.17 bits per heavy atom. The fourth-order valence-electron chi connectivity index (χ4n) is 1.99. The van der Waals surface area contributed by atoms with E-state index in [2.05, 4.69) is 10.3 Å². The van der Waals surface area contributed by atoms with E-state index in [-0.39, 0.29) is 22.9 Å². The Kier molecular flexibility index (Phi) is 4.44. The van der Waals surface area contributed by atoms with E-state index in [0.29, 0.717) is 15.4 Å². The third-order valence-corrected chi connectivity index (χ3v) is 4.98. The van der Waals surface area contributed by atoms with E-state index >= 15 is 0 Å². The first-order valence-electron chi connectivity index (χ1n) is 6.67. The van der Waals surface area contributed by atoms with Gasteiger partial charge >= 0.3 is 0 Å². The molecule has 5 nitrogen and oxygen atoms in total. The quantitative estimate of drug-likeness (QED) is 0.581. The van der Waals surface area contributed by atoms with Crippen molar-refractivity contribution in [3.63, 3.8) is 0 Å². The van der Waals surface area contributed by atoms with Gasteiger partial charge in [-0.15, -0.1) is 11.3 Å². The van der Waals surface area contributed by atoms with E-state index in [0.717, 1.165) is 11.8 Å². The molecule has 0 bridgehead atoms. The van der Waals surface area contributed by atoms with Crippen molar-refractivity contribution >= 4 is 44.9 Å². The predicted molar refractivity (Wildman–Crippen MR) is 90.6 cm³/mol. The van der Waals surface area contributed by atoms with Crippen molar-refractivity contribution in [1.82, 2.24) is 9.55 Å². The van der Waals surface area contributed by atoms with Crippen molar-refractivity contribution < 1.29 is 9.18 Å². The van der Waals surface area contributed by atoms with E-state index < -0.39 is 5.82 Å². The molecule has 0 unspecified atom stereocenters. The van der Waals surface area contributed by atoms with Crippen LogP contribution in [0.5, 0.6) is 0 Å². The lowest BCUT2D eigenvalue weighted by molar-refractivity contribution is -0.113. The number of aromatic nitrogens is 2. The standard InChI is InChI=1S/C15H12FN3O2S2/c1-19-14(21)9-6-7-22-13(9)18-15(19)23-8-12(20)17-11-5-3-2-4-10(11)16/h2-7H,8H2,1H3,(H,17,20). The van der Waals surface area contributed by atoms with Gasteiger partial charge in [-0.3, -0.25) is 14.2 Å².